The number of benzene rings is 4. The molecule has 8 aliphatic carbocycles. The summed E-state index contributed by atoms with van der Waals surface area (Å²) in [6.07, 6.45) is 4.44. The predicted octanol–water partition coefficient (Wildman–Crippen LogP) is 11.5. The van der Waals surface area contributed by atoms with Crippen LogP contribution in [0.1, 0.15) is 111 Å². The van der Waals surface area contributed by atoms with Crippen molar-refractivity contribution < 1.29 is 0 Å². The van der Waals surface area contributed by atoms with Gasteiger partial charge in [0, 0.05) is 0 Å². The summed E-state index contributed by atoms with van der Waals surface area (Å²) in [5, 5.41) is 6.70. The van der Waals surface area contributed by atoms with Crippen LogP contribution in [0, 0.1) is 83.1 Å². The molecule has 0 aliphatic heterocycles. The maximum atomic E-state index is 2.43. The summed E-state index contributed by atoms with van der Waals surface area (Å²) in [5.74, 6) is 0. The summed E-state index contributed by atoms with van der Waals surface area (Å²) in [6, 6.07) is 0. The summed E-state index contributed by atoms with van der Waals surface area (Å²) in [7, 11) is -0.413. The van der Waals surface area contributed by atoms with Crippen molar-refractivity contribution in [3.8, 4) is 0 Å². The minimum Gasteiger partial charge on any atom is -0.0811 e. The number of rotatable bonds is 4. The molecule has 0 radical (unpaired) electrons. The van der Waals surface area contributed by atoms with Crippen molar-refractivity contribution in [1.29, 1.82) is 0 Å². The summed E-state index contributed by atoms with van der Waals surface area (Å²) >= 11 is 0. The Hall–Kier alpha value is -1.40. The molecule has 0 heterocycles. The average Bonchev–Trinajstić information content (AvgIpc) is 3.05. The molecule has 280 valence electrons. The Balaban J connectivity index is 0.000000201. The lowest BCUT2D eigenvalue weighted by molar-refractivity contribution is 1.01. The fourth-order valence-corrected chi connectivity index (χ4v) is 16.5. The largest absolute Gasteiger partial charge is 0.0811 e. The second-order valence-corrected chi connectivity index (χ2v) is 26.0. The van der Waals surface area contributed by atoms with E-state index < -0.39 is 0 Å². The molecule has 12 rings (SSSR count). The van der Waals surface area contributed by atoms with Gasteiger partial charge in [-0.25, -0.2) is 0 Å². The third-order valence-corrected chi connectivity index (χ3v) is 19.4. The molecule has 0 amide bonds. The standard InChI is InChI=1S/2C24H34P2/c2*1-13-15(3)21-12-20-14(2)16(4)22(24(18(20)6)26(9)10)11-19(13)17(5)23(21)25(7)8/h2*11-12H2,1-10H3. The lowest BCUT2D eigenvalue weighted by Crippen LogP contribution is -2.26. The van der Waals surface area contributed by atoms with E-state index in [9.17, 15) is 0 Å². The molecule has 4 heteroatoms. The minimum absolute atomic E-state index is 0.103. The van der Waals surface area contributed by atoms with Gasteiger partial charge >= 0.3 is 0 Å². The Bertz CT molecular complexity index is 1800. The summed E-state index contributed by atoms with van der Waals surface area (Å²) in [5.41, 5.74) is 31.6. The second kappa shape index (κ2) is 15.6. The molecule has 8 bridgehead atoms. The van der Waals surface area contributed by atoms with E-state index in [1.165, 1.54) is 22.3 Å². The van der Waals surface area contributed by atoms with Crippen molar-refractivity contribution in [3.05, 3.63) is 111 Å². The molecule has 0 fully saturated rings. The molecule has 8 aliphatic rings. The topological polar surface area (TPSA) is 0 Å². The molecule has 0 aromatic heterocycles. The van der Waals surface area contributed by atoms with Gasteiger partial charge in [-0.15, -0.1) is 0 Å². The summed E-state index contributed by atoms with van der Waals surface area (Å²) in [4.78, 5) is 0. The van der Waals surface area contributed by atoms with Gasteiger partial charge in [-0.1, -0.05) is 31.7 Å². The van der Waals surface area contributed by atoms with Crippen molar-refractivity contribution in [1.82, 2.24) is 0 Å². The van der Waals surface area contributed by atoms with Gasteiger partial charge in [-0.05, 0) is 295 Å². The van der Waals surface area contributed by atoms with Crippen LogP contribution in [0.5, 0.6) is 0 Å². The first-order chi connectivity index (χ1) is 24.1. The van der Waals surface area contributed by atoms with Crippen LogP contribution in [-0.2, 0) is 25.7 Å². The van der Waals surface area contributed by atoms with Crippen molar-refractivity contribution in [3.63, 3.8) is 0 Å². The van der Waals surface area contributed by atoms with Crippen molar-refractivity contribution in [2.75, 3.05) is 53.3 Å². The van der Waals surface area contributed by atoms with Gasteiger partial charge in [0.25, 0.3) is 0 Å². The molecule has 52 heavy (non-hydrogen) atoms. The van der Waals surface area contributed by atoms with Gasteiger partial charge < -0.3 is 0 Å². The Labute approximate surface area is 324 Å². The molecule has 0 saturated carbocycles. The fraction of sp³-hybridized carbons (Fsp3) is 0.500. The highest BCUT2D eigenvalue weighted by atomic mass is 31.1. The van der Waals surface area contributed by atoms with Gasteiger partial charge in [-0.3, -0.25) is 0 Å². The molecule has 0 nitrogen and oxygen atoms in total. The molecule has 0 atom stereocenters. The zero-order valence-corrected chi connectivity index (χ0v) is 40.2. The number of hydrogen-bond donors (Lipinski definition) is 0. The molecular weight excluding hydrogens is 700 g/mol. The molecule has 0 spiro atoms. The normalized spacial score (nSPS) is 13.4. The zero-order valence-electron chi connectivity index (χ0n) is 36.6. The Morgan fingerprint density at radius 3 is 0.481 bits per heavy atom. The Kier molecular flexibility index (Phi) is 12.5. The van der Waals surface area contributed by atoms with Crippen LogP contribution in [0.3, 0.4) is 0 Å². The van der Waals surface area contributed by atoms with Gasteiger partial charge in [0.05, 0.1) is 0 Å². The van der Waals surface area contributed by atoms with E-state index in [0.717, 1.165) is 25.7 Å². The maximum Gasteiger partial charge on any atom is -0.00110 e. The van der Waals surface area contributed by atoms with Gasteiger partial charge in [0.1, 0.15) is 0 Å². The summed E-state index contributed by atoms with van der Waals surface area (Å²) < 4.78 is 0. The summed E-state index contributed by atoms with van der Waals surface area (Å²) in [6.45, 7) is 48.0. The van der Waals surface area contributed by atoms with E-state index in [2.05, 4.69) is 136 Å². The molecule has 4 aromatic rings. The second-order valence-electron chi connectivity index (χ2n) is 17.0. The van der Waals surface area contributed by atoms with Crippen LogP contribution in [0.15, 0.2) is 0 Å². The highest BCUT2D eigenvalue weighted by Gasteiger charge is 2.29. The van der Waals surface area contributed by atoms with Gasteiger partial charge in [-0.2, -0.15) is 0 Å². The van der Waals surface area contributed by atoms with E-state index in [4.69, 9.17) is 0 Å². The van der Waals surface area contributed by atoms with E-state index in [0.29, 0.717) is 0 Å². The third kappa shape index (κ3) is 6.87. The van der Waals surface area contributed by atoms with Crippen LogP contribution < -0.4 is 21.2 Å². The fourth-order valence-electron chi connectivity index (χ4n) is 10.2. The third-order valence-electron chi connectivity index (χ3n) is 13.4. The van der Waals surface area contributed by atoms with E-state index in [1.807, 2.05) is 0 Å². The van der Waals surface area contributed by atoms with E-state index in [1.54, 1.807) is 110 Å². The first kappa shape index (κ1) is 41.8. The first-order valence-corrected chi connectivity index (χ1v) is 28.2. The SMILES string of the molecule is Cc1c(C)c2c(P(C)C)c(C)c1Cc1c(C)c(C)c(c(C)c1P(C)C)C2.Cc1c(C)c2c(P(C)C)c(C)c1Cc1c(C)c(C)c(c(C)c1P(C)C)C2. The highest BCUT2D eigenvalue weighted by molar-refractivity contribution is 7.65. The quantitative estimate of drug-likeness (QED) is 0.157. The number of hydrogen-bond acceptors (Lipinski definition) is 0. The van der Waals surface area contributed by atoms with E-state index in [-0.39, 0.29) is 31.7 Å². The van der Waals surface area contributed by atoms with Crippen LogP contribution in [0.2, 0.25) is 0 Å². The minimum atomic E-state index is -0.103. The molecular formula is C48H68P4. The zero-order chi connectivity index (χ0) is 39.0. The van der Waals surface area contributed by atoms with Crippen molar-refractivity contribution in [2.24, 2.45) is 0 Å². The lowest BCUT2D eigenvalue weighted by atomic mass is 9.80. The van der Waals surface area contributed by atoms with Crippen molar-refractivity contribution >= 4 is 52.9 Å². The van der Waals surface area contributed by atoms with Crippen LogP contribution >= 0.6 is 31.7 Å². The lowest BCUT2D eigenvalue weighted by Gasteiger charge is -2.31. The molecule has 0 saturated heterocycles. The first-order valence-electron chi connectivity index (χ1n) is 19.3. The van der Waals surface area contributed by atoms with Crippen LogP contribution in [-0.4, -0.2) is 53.3 Å². The highest BCUT2D eigenvalue weighted by Crippen LogP contribution is 2.43. The predicted molar refractivity (Wildman–Crippen MR) is 247 cm³/mol. The molecule has 0 unspecified atom stereocenters. The molecule has 0 N–H and O–H groups in total. The smallest absolute Gasteiger partial charge is 0.00110 e. The van der Waals surface area contributed by atoms with Gasteiger partial charge in [0.2, 0.25) is 0 Å². The molecule has 4 aromatic carbocycles. The van der Waals surface area contributed by atoms with Gasteiger partial charge in [0.15, 0.2) is 0 Å². The Morgan fingerprint density at radius 1 is 0.212 bits per heavy atom. The van der Waals surface area contributed by atoms with Crippen LogP contribution in [0.4, 0.5) is 0 Å². The maximum absolute atomic E-state index is 2.43. The van der Waals surface area contributed by atoms with Crippen molar-refractivity contribution in [2.45, 2.75) is 109 Å². The van der Waals surface area contributed by atoms with E-state index >= 15 is 0 Å². The average molecular weight is 769 g/mol. The Morgan fingerprint density at radius 2 is 0.346 bits per heavy atom. The van der Waals surface area contributed by atoms with Crippen LogP contribution in [0.25, 0.3) is 0 Å². The monoisotopic (exact) mass is 768 g/mol.